The highest BCUT2D eigenvalue weighted by atomic mass is 19.1. The summed E-state index contributed by atoms with van der Waals surface area (Å²) in [7, 11) is 3.90. The zero-order valence-corrected chi connectivity index (χ0v) is 17.3. The predicted molar refractivity (Wildman–Crippen MR) is 115 cm³/mol. The minimum absolute atomic E-state index is 0.0170. The normalized spacial score (nSPS) is 17.0. The van der Waals surface area contributed by atoms with Crippen LogP contribution in [0.1, 0.15) is 23.6 Å². The second kappa shape index (κ2) is 9.04. The molecule has 0 radical (unpaired) electrons. The van der Waals surface area contributed by atoms with Crippen LogP contribution in [0.5, 0.6) is 0 Å². The van der Waals surface area contributed by atoms with Gasteiger partial charge in [0.25, 0.3) is 5.91 Å². The number of halogens is 1. The number of hydrazone groups is 1. The number of amides is 2. The molecule has 2 aromatic rings. The number of nitrogens with two attached hydrogens (primary N) is 1. The number of aryl methyl sites for hydroxylation is 1. The van der Waals surface area contributed by atoms with Crippen molar-refractivity contribution in [2.75, 3.05) is 25.6 Å². The fourth-order valence-electron chi connectivity index (χ4n) is 3.38. The van der Waals surface area contributed by atoms with Crippen LogP contribution >= 0.6 is 0 Å². The fourth-order valence-corrected chi connectivity index (χ4v) is 3.38. The molecular formula is C22H26FN5O2. The molecule has 1 aliphatic rings. The molecule has 0 fully saturated rings. The van der Waals surface area contributed by atoms with E-state index in [1.807, 2.05) is 50.2 Å². The molecule has 0 saturated heterocycles. The van der Waals surface area contributed by atoms with Gasteiger partial charge in [-0.05, 0) is 50.8 Å². The summed E-state index contributed by atoms with van der Waals surface area (Å²) in [6, 6.07) is 12.9. The maximum Gasteiger partial charge on any atom is 0.267 e. The molecule has 3 N–H and O–H groups in total. The Labute approximate surface area is 175 Å². The molecule has 0 aliphatic carbocycles. The van der Waals surface area contributed by atoms with Crippen LogP contribution in [0.15, 0.2) is 53.6 Å². The lowest BCUT2D eigenvalue weighted by Crippen LogP contribution is -2.40. The van der Waals surface area contributed by atoms with Crippen molar-refractivity contribution in [2.24, 2.45) is 10.8 Å². The van der Waals surface area contributed by atoms with Gasteiger partial charge >= 0.3 is 0 Å². The van der Waals surface area contributed by atoms with Crippen LogP contribution in [-0.2, 0) is 9.59 Å². The van der Waals surface area contributed by atoms with Gasteiger partial charge in [-0.25, -0.2) is 4.39 Å². The topological polar surface area (TPSA) is 91.0 Å². The second-order valence-electron chi connectivity index (χ2n) is 7.59. The number of anilines is 1. The molecule has 158 valence electrons. The zero-order valence-electron chi connectivity index (χ0n) is 17.3. The van der Waals surface area contributed by atoms with Crippen LogP contribution in [0.3, 0.4) is 0 Å². The quantitative estimate of drug-likeness (QED) is 0.729. The van der Waals surface area contributed by atoms with E-state index in [2.05, 4.69) is 10.4 Å². The van der Waals surface area contributed by atoms with Gasteiger partial charge in [-0.2, -0.15) is 5.10 Å². The average Bonchev–Trinajstić information content (AvgIpc) is 3.15. The zero-order chi connectivity index (χ0) is 21.8. The summed E-state index contributed by atoms with van der Waals surface area (Å²) in [4.78, 5) is 26.7. The molecule has 30 heavy (non-hydrogen) atoms. The second-order valence-corrected chi connectivity index (χ2v) is 7.59. The van der Waals surface area contributed by atoms with Crippen LogP contribution in [-0.4, -0.2) is 49.1 Å². The highest BCUT2D eigenvalue weighted by Gasteiger charge is 2.35. The number of hydrogen-bond acceptors (Lipinski definition) is 5. The number of benzene rings is 2. The summed E-state index contributed by atoms with van der Waals surface area (Å²) in [5, 5.41) is 8.58. The molecule has 0 bridgehead atoms. The number of nitrogens with one attached hydrogen (secondary N) is 1. The summed E-state index contributed by atoms with van der Waals surface area (Å²) in [6.45, 7) is 2.40. The van der Waals surface area contributed by atoms with Gasteiger partial charge in [-0.3, -0.25) is 14.6 Å². The monoisotopic (exact) mass is 411 g/mol. The molecule has 0 saturated carbocycles. The third-order valence-corrected chi connectivity index (χ3v) is 5.13. The van der Waals surface area contributed by atoms with Crippen molar-refractivity contribution in [1.82, 2.24) is 10.2 Å². The average molecular weight is 411 g/mol. The Bertz CT molecular complexity index is 941. The lowest BCUT2D eigenvalue weighted by molar-refractivity contribution is -0.119. The van der Waals surface area contributed by atoms with Crippen LogP contribution in [0.2, 0.25) is 0 Å². The Morgan fingerprint density at radius 2 is 1.83 bits per heavy atom. The van der Waals surface area contributed by atoms with E-state index >= 15 is 0 Å². The molecule has 0 aromatic heterocycles. The van der Waals surface area contributed by atoms with Crippen molar-refractivity contribution < 1.29 is 14.0 Å². The van der Waals surface area contributed by atoms with Crippen molar-refractivity contribution >= 4 is 23.2 Å². The standard InChI is InChI=1S/C22H26FN5O2/c1-14-4-6-15(7-5-14)20(27(2)3)13-25-22(30)18-12-19(21(24)29)28(26-18)17-10-8-16(23)9-11-17/h4-11,19-20H,12-13H2,1-3H3,(H2,24,29)(H,25,30). The summed E-state index contributed by atoms with van der Waals surface area (Å²) in [5.74, 6) is -1.36. The van der Waals surface area contributed by atoms with E-state index in [0.29, 0.717) is 12.2 Å². The van der Waals surface area contributed by atoms with Crippen molar-refractivity contribution in [3.8, 4) is 0 Å². The Morgan fingerprint density at radius 3 is 2.40 bits per heavy atom. The van der Waals surface area contributed by atoms with Gasteiger partial charge in [0, 0.05) is 13.0 Å². The minimum atomic E-state index is -0.794. The third kappa shape index (κ3) is 4.83. The highest BCUT2D eigenvalue weighted by Crippen LogP contribution is 2.25. The van der Waals surface area contributed by atoms with Crippen LogP contribution in [0, 0.1) is 12.7 Å². The largest absolute Gasteiger partial charge is 0.368 e. The lowest BCUT2D eigenvalue weighted by Gasteiger charge is -2.25. The van der Waals surface area contributed by atoms with Gasteiger partial charge in [-0.1, -0.05) is 29.8 Å². The third-order valence-electron chi connectivity index (χ3n) is 5.13. The number of likely N-dealkylation sites (N-methyl/N-ethyl adjacent to an activating group) is 1. The van der Waals surface area contributed by atoms with E-state index in [1.54, 1.807) is 0 Å². The summed E-state index contributed by atoms with van der Waals surface area (Å²) >= 11 is 0. The first-order valence-electron chi connectivity index (χ1n) is 9.69. The molecule has 2 aromatic carbocycles. The molecule has 0 spiro atoms. The Kier molecular flexibility index (Phi) is 6.47. The molecule has 2 atom stereocenters. The Morgan fingerprint density at radius 1 is 1.20 bits per heavy atom. The van der Waals surface area contributed by atoms with Crippen molar-refractivity contribution in [1.29, 1.82) is 0 Å². The van der Waals surface area contributed by atoms with Gasteiger partial charge in [0.15, 0.2) is 0 Å². The first kappa shape index (κ1) is 21.4. The van der Waals surface area contributed by atoms with Crippen molar-refractivity contribution in [2.45, 2.75) is 25.4 Å². The molecule has 3 rings (SSSR count). The first-order chi connectivity index (χ1) is 14.3. The van der Waals surface area contributed by atoms with E-state index < -0.39 is 17.8 Å². The SMILES string of the molecule is Cc1ccc(C(CNC(=O)C2=NN(c3ccc(F)cc3)C(C(N)=O)C2)N(C)C)cc1. The van der Waals surface area contributed by atoms with E-state index in [4.69, 9.17) is 5.73 Å². The Balaban J connectivity index is 1.73. The molecule has 1 aliphatic heterocycles. The van der Waals surface area contributed by atoms with Gasteiger partial charge < -0.3 is 16.0 Å². The molecule has 2 unspecified atom stereocenters. The smallest absolute Gasteiger partial charge is 0.267 e. The minimum Gasteiger partial charge on any atom is -0.368 e. The maximum atomic E-state index is 13.2. The molecule has 8 heteroatoms. The van der Waals surface area contributed by atoms with Gasteiger partial charge in [0.1, 0.15) is 17.6 Å². The number of carbonyl (C=O) groups excluding carboxylic acids is 2. The number of rotatable bonds is 7. The molecular weight excluding hydrogens is 385 g/mol. The number of carbonyl (C=O) groups is 2. The molecule has 1 heterocycles. The van der Waals surface area contributed by atoms with Crippen molar-refractivity contribution in [3.63, 3.8) is 0 Å². The van der Waals surface area contributed by atoms with Crippen LogP contribution < -0.4 is 16.1 Å². The van der Waals surface area contributed by atoms with Crippen molar-refractivity contribution in [3.05, 3.63) is 65.5 Å². The van der Waals surface area contributed by atoms with E-state index in [0.717, 1.165) is 5.56 Å². The Hall–Kier alpha value is -3.26. The fraction of sp³-hybridized carbons (Fsp3) is 0.318. The molecule has 7 nitrogen and oxygen atoms in total. The summed E-state index contributed by atoms with van der Waals surface area (Å²) in [6.07, 6.45) is 0.0930. The predicted octanol–water partition coefficient (Wildman–Crippen LogP) is 1.97. The lowest BCUT2D eigenvalue weighted by atomic mass is 10.0. The maximum absolute atomic E-state index is 13.2. The van der Waals surface area contributed by atoms with E-state index in [1.165, 1.54) is 34.8 Å². The van der Waals surface area contributed by atoms with Crippen LogP contribution in [0.25, 0.3) is 0 Å². The summed E-state index contributed by atoms with van der Waals surface area (Å²) in [5.41, 5.74) is 8.46. The van der Waals surface area contributed by atoms with E-state index in [9.17, 15) is 14.0 Å². The number of primary amides is 1. The van der Waals surface area contributed by atoms with Gasteiger partial charge in [0.2, 0.25) is 5.91 Å². The van der Waals surface area contributed by atoms with E-state index in [-0.39, 0.29) is 24.1 Å². The number of nitrogens with zero attached hydrogens (tertiary/aromatic N) is 3. The van der Waals surface area contributed by atoms with Crippen LogP contribution in [0.4, 0.5) is 10.1 Å². The molecule has 2 amide bonds. The van der Waals surface area contributed by atoms with Gasteiger partial charge in [0.05, 0.1) is 11.7 Å². The van der Waals surface area contributed by atoms with Gasteiger partial charge in [-0.15, -0.1) is 0 Å². The number of hydrogen-bond donors (Lipinski definition) is 2. The highest BCUT2D eigenvalue weighted by molar-refractivity contribution is 6.40. The first-order valence-corrected chi connectivity index (χ1v) is 9.69. The summed E-state index contributed by atoms with van der Waals surface area (Å²) < 4.78 is 13.2.